The molecule has 5 nitrogen and oxygen atoms in total. The van der Waals surface area contributed by atoms with Crippen LogP contribution in [0.15, 0.2) is 35.9 Å². The van der Waals surface area contributed by atoms with Crippen LogP contribution in [0, 0.1) is 17.8 Å². The number of hydrogen-bond acceptors (Lipinski definition) is 3. The third kappa shape index (κ3) is 3.20. The van der Waals surface area contributed by atoms with Crippen LogP contribution in [-0.4, -0.2) is 35.7 Å². The Bertz CT molecular complexity index is 803. The molecule has 3 amide bonds. The van der Waals surface area contributed by atoms with E-state index >= 15 is 0 Å². The van der Waals surface area contributed by atoms with Crippen molar-refractivity contribution in [3.8, 4) is 0 Å². The first-order valence-electron chi connectivity index (χ1n) is 9.88. The van der Waals surface area contributed by atoms with Gasteiger partial charge >= 0.3 is 0 Å². The molecule has 0 aromatic heterocycles. The van der Waals surface area contributed by atoms with Crippen molar-refractivity contribution in [3.63, 3.8) is 0 Å². The number of benzene rings is 1. The summed E-state index contributed by atoms with van der Waals surface area (Å²) in [6.45, 7) is 5.81. The highest BCUT2D eigenvalue weighted by Gasteiger charge is 2.48. The van der Waals surface area contributed by atoms with Crippen LogP contribution in [0.1, 0.15) is 49.9 Å². The Morgan fingerprint density at radius 1 is 1.00 bits per heavy atom. The molecule has 1 aromatic rings. The number of likely N-dealkylation sites (tertiary alicyclic amines) is 1. The molecule has 0 N–H and O–H groups in total. The Balaban J connectivity index is 1.50. The average Bonchev–Trinajstić information content (AvgIpc) is 2.92. The SMILES string of the molecule is CC1=CC[C@H]2C(=O)N(c3ccc(C(=O)N4CCC(C)CC4)cc3)C(=O)[C@H]2C1. The van der Waals surface area contributed by atoms with Crippen LogP contribution >= 0.6 is 0 Å². The van der Waals surface area contributed by atoms with Crippen LogP contribution in [0.5, 0.6) is 0 Å². The van der Waals surface area contributed by atoms with E-state index < -0.39 is 0 Å². The van der Waals surface area contributed by atoms with Crippen molar-refractivity contribution in [2.45, 2.75) is 39.5 Å². The number of amides is 3. The second-order valence-electron chi connectivity index (χ2n) is 8.24. The van der Waals surface area contributed by atoms with Gasteiger partial charge in [0.05, 0.1) is 17.5 Å². The second kappa shape index (κ2) is 6.95. The summed E-state index contributed by atoms with van der Waals surface area (Å²) in [7, 11) is 0. The highest BCUT2D eigenvalue weighted by molar-refractivity contribution is 6.22. The van der Waals surface area contributed by atoms with Gasteiger partial charge in [-0.1, -0.05) is 18.6 Å². The number of nitrogens with zero attached hydrogens (tertiary/aromatic N) is 2. The summed E-state index contributed by atoms with van der Waals surface area (Å²) in [5.41, 5.74) is 2.36. The topological polar surface area (TPSA) is 57.7 Å². The van der Waals surface area contributed by atoms with E-state index in [1.807, 2.05) is 11.8 Å². The summed E-state index contributed by atoms with van der Waals surface area (Å²) >= 11 is 0. The Labute approximate surface area is 160 Å². The van der Waals surface area contributed by atoms with Crippen LogP contribution in [0.3, 0.4) is 0 Å². The Morgan fingerprint density at radius 2 is 1.63 bits per heavy atom. The maximum atomic E-state index is 12.8. The molecule has 142 valence electrons. The van der Waals surface area contributed by atoms with Gasteiger partial charge in [-0.25, -0.2) is 0 Å². The molecular formula is C22H26N2O3. The first-order valence-corrected chi connectivity index (χ1v) is 9.88. The number of hydrogen-bond donors (Lipinski definition) is 0. The lowest BCUT2D eigenvalue weighted by atomic mass is 9.82. The van der Waals surface area contributed by atoms with Crippen molar-refractivity contribution in [3.05, 3.63) is 41.5 Å². The maximum Gasteiger partial charge on any atom is 0.253 e. The zero-order valence-corrected chi connectivity index (χ0v) is 16.0. The van der Waals surface area contributed by atoms with Gasteiger partial charge in [-0.2, -0.15) is 0 Å². The summed E-state index contributed by atoms with van der Waals surface area (Å²) < 4.78 is 0. The van der Waals surface area contributed by atoms with Crippen molar-refractivity contribution in [1.29, 1.82) is 0 Å². The first-order chi connectivity index (χ1) is 13.0. The minimum absolute atomic E-state index is 0.0287. The molecule has 3 aliphatic rings. The van der Waals surface area contributed by atoms with Crippen LogP contribution < -0.4 is 4.90 Å². The van der Waals surface area contributed by atoms with E-state index in [0.29, 0.717) is 30.0 Å². The number of fused-ring (bicyclic) bond motifs is 1. The molecule has 4 rings (SSSR count). The fourth-order valence-corrected chi connectivity index (χ4v) is 4.44. The number of carbonyl (C=O) groups excluding carboxylic acids is 3. The van der Waals surface area contributed by atoms with Crippen LogP contribution in [0.25, 0.3) is 0 Å². The molecule has 5 heteroatoms. The number of carbonyl (C=O) groups is 3. The van der Waals surface area contributed by atoms with Crippen LogP contribution in [-0.2, 0) is 9.59 Å². The van der Waals surface area contributed by atoms with Crippen molar-refractivity contribution >= 4 is 23.4 Å². The molecule has 27 heavy (non-hydrogen) atoms. The van der Waals surface area contributed by atoms with Gasteiger partial charge in [-0.15, -0.1) is 0 Å². The molecule has 0 saturated carbocycles. The Morgan fingerprint density at radius 3 is 2.30 bits per heavy atom. The van der Waals surface area contributed by atoms with Gasteiger partial charge < -0.3 is 4.90 Å². The lowest BCUT2D eigenvalue weighted by Gasteiger charge is -2.30. The van der Waals surface area contributed by atoms with E-state index in [-0.39, 0.29) is 29.6 Å². The summed E-state index contributed by atoms with van der Waals surface area (Å²) in [5, 5.41) is 0. The van der Waals surface area contributed by atoms with Gasteiger partial charge in [0.25, 0.3) is 5.91 Å². The first kappa shape index (κ1) is 18.0. The molecule has 0 radical (unpaired) electrons. The normalized spacial score (nSPS) is 26.2. The molecule has 2 atom stereocenters. The van der Waals surface area contributed by atoms with Gasteiger partial charge in [0.1, 0.15) is 0 Å². The molecule has 0 unspecified atom stereocenters. The largest absolute Gasteiger partial charge is 0.339 e. The predicted octanol–water partition coefficient (Wildman–Crippen LogP) is 3.40. The van der Waals surface area contributed by atoms with Crippen molar-refractivity contribution in [2.75, 3.05) is 18.0 Å². The second-order valence-corrected chi connectivity index (χ2v) is 8.24. The van der Waals surface area contributed by atoms with E-state index in [4.69, 9.17) is 0 Å². The molecule has 0 spiro atoms. The molecule has 2 saturated heterocycles. The van der Waals surface area contributed by atoms with Gasteiger partial charge in [0.15, 0.2) is 0 Å². The van der Waals surface area contributed by atoms with Gasteiger partial charge in [0, 0.05) is 18.7 Å². The average molecular weight is 366 g/mol. The number of allylic oxidation sites excluding steroid dienone is 2. The number of anilines is 1. The third-order valence-corrected chi connectivity index (χ3v) is 6.27. The zero-order valence-electron chi connectivity index (χ0n) is 16.0. The molecule has 2 aliphatic heterocycles. The highest BCUT2D eigenvalue weighted by atomic mass is 16.2. The van der Waals surface area contributed by atoms with E-state index in [0.717, 1.165) is 25.9 Å². The van der Waals surface area contributed by atoms with E-state index in [1.54, 1.807) is 24.3 Å². The summed E-state index contributed by atoms with van der Waals surface area (Å²) in [6.07, 6.45) is 5.45. The van der Waals surface area contributed by atoms with Crippen molar-refractivity contribution in [1.82, 2.24) is 4.90 Å². The molecular weight excluding hydrogens is 340 g/mol. The molecule has 0 bridgehead atoms. The quantitative estimate of drug-likeness (QED) is 0.595. The lowest BCUT2D eigenvalue weighted by Crippen LogP contribution is -2.38. The fraction of sp³-hybridized carbons (Fsp3) is 0.500. The smallest absolute Gasteiger partial charge is 0.253 e. The molecule has 2 fully saturated rings. The number of rotatable bonds is 2. The predicted molar refractivity (Wildman–Crippen MR) is 103 cm³/mol. The summed E-state index contributed by atoms with van der Waals surface area (Å²) in [5.74, 6) is 0.00248. The molecule has 1 aromatic carbocycles. The Kier molecular flexibility index (Phi) is 4.62. The van der Waals surface area contributed by atoms with Gasteiger partial charge in [0.2, 0.25) is 11.8 Å². The lowest BCUT2D eigenvalue weighted by molar-refractivity contribution is -0.122. The Hall–Kier alpha value is -2.43. The van der Waals surface area contributed by atoms with E-state index in [9.17, 15) is 14.4 Å². The van der Waals surface area contributed by atoms with Crippen molar-refractivity contribution in [2.24, 2.45) is 17.8 Å². The van der Waals surface area contributed by atoms with Crippen LogP contribution in [0.2, 0.25) is 0 Å². The van der Waals surface area contributed by atoms with Gasteiger partial charge in [-0.3, -0.25) is 19.3 Å². The standard InChI is InChI=1S/C22H26N2O3/c1-14-9-11-23(12-10-14)20(25)16-4-6-17(7-5-16)24-21(26)18-8-3-15(2)13-19(18)22(24)27/h3-7,14,18-19H,8-13H2,1-2H3/t18-,19+/m1/s1. The summed E-state index contributed by atoms with van der Waals surface area (Å²) in [6, 6.07) is 6.93. The third-order valence-electron chi connectivity index (χ3n) is 6.27. The highest BCUT2D eigenvalue weighted by Crippen LogP contribution is 2.39. The number of piperidine rings is 1. The fourth-order valence-electron chi connectivity index (χ4n) is 4.44. The van der Waals surface area contributed by atoms with E-state index in [1.165, 1.54) is 10.5 Å². The molecule has 1 aliphatic carbocycles. The zero-order chi connectivity index (χ0) is 19.1. The molecule has 2 heterocycles. The minimum Gasteiger partial charge on any atom is -0.339 e. The minimum atomic E-state index is -0.238. The maximum absolute atomic E-state index is 12.8. The number of imide groups is 1. The monoisotopic (exact) mass is 366 g/mol. The van der Waals surface area contributed by atoms with Crippen molar-refractivity contribution < 1.29 is 14.4 Å². The van der Waals surface area contributed by atoms with E-state index in [2.05, 4.69) is 13.0 Å². The van der Waals surface area contributed by atoms with Crippen LogP contribution in [0.4, 0.5) is 5.69 Å². The van der Waals surface area contributed by atoms with Gasteiger partial charge in [-0.05, 0) is 62.8 Å². The summed E-state index contributed by atoms with van der Waals surface area (Å²) in [4.78, 5) is 41.4.